The number of hydrogen-bond acceptors (Lipinski definition) is 5. The average molecular weight is 354 g/mol. The smallest absolute Gasteiger partial charge is 0.261 e. The molecule has 25 heavy (non-hydrogen) atoms. The van der Waals surface area contributed by atoms with Gasteiger partial charge >= 0.3 is 0 Å². The van der Waals surface area contributed by atoms with E-state index in [4.69, 9.17) is 9.47 Å². The largest absolute Gasteiger partial charge is 0.497 e. The van der Waals surface area contributed by atoms with Crippen molar-refractivity contribution in [1.82, 2.24) is 4.98 Å². The van der Waals surface area contributed by atoms with E-state index < -0.39 is 0 Å². The van der Waals surface area contributed by atoms with Crippen LogP contribution in [0.1, 0.15) is 15.9 Å². The van der Waals surface area contributed by atoms with Crippen molar-refractivity contribution in [2.24, 2.45) is 0 Å². The summed E-state index contributed by atoms with van der Waals surface area (Å²) in [5.41, 5.74) is 3.47. The van der Waals surface area contributed by atoms with Gasteiger partial charge in [-0.3, -0.25) is 10.1 Å². The molecule has 1 N–H and O–H groups in total. The van der Waals surface area contributed by atoms with Gasteiger partial charge in [-0.05, 0) is 19.1 Å². The normalized spacial score (nSPS) is 10.4. The van der Waals surface area contributed by atoms with Gasteiger partial charge in [0.2, 0.25) is 0 Å². The number of nitrogens with zero attached hydrogens (tertiary/aromatic N) is 1. The van der Waals surface area contributed by atoms with Crippen LogP contribution in [0.2, 0.25) is 0 Å². The summed E-state index contributed by atoms with van der Waals surface area (Å²) < 4.78 is 10.4. The number of rotatable bonds is 5. The molecule has 0 fully saturated rings. The molecule has 0 aliphatic rings. The highest BCUT2D eigenvalue weighted by atomic mass is 32.1. The van der Waals surface area contributed by atoms with Crippen LogP contribution in [0.4, 0.5) is 5.13 Å². The number of methoxy groups -OCH3 is 2. The summed E-state index contributed by atoms with van der Waals surface area (Å²) in [4.78, 5) is 17.0. The van der Waals surface area contributed by atoms with E-state index in [1.54, 1.807) is 25.3 Å². The molecule has 0 bridgehead atoms. The lowest BCUT2D eigenvalue weighted by Crippen LogP contribution is -2.13. The van der Waals surface area contributed by atoms with Crippen molar-refractivity contribution >= 4 is 22.4 Å². The first-order valence-electron chi connectivity index (χ1n) is 7.66. The zero-order valence-electron chi connectivity index (χ0n) is 14.2. The molecule has 0 saturated heterocycles. The van der Waals surface area contributed by atoms with E-state index in [9.17, 15) is 4.79 Å². The monoisotopic (exact) mass is 354 g/mol. The third-order valence-electron chi connectivity index (χ3n) is 3.73. The lowest BCUT2D eigenvalue weighted by atomic mass is 10.1. The van der Waals surface area contributed by atoms with Crippen LogP contribution in [0.5, 0.6) is 11.5 Å². The van der Waals surface area contributed by atoms with Crippen molar-refractivity contribution in [3.63, 3.8) is 0 Å². The topological polar surface area (TPSA) is 60.5 Å². The van der Waals surface area contributed by atoms with E-state index in [-0.39, 0.29) is 5.91 Å². The number of carbonyl (C=O) groups excluding carboxylic acids is 1. The maximum Gasteiger partial charge on any atom is 0.261 e. The fraction of sp³-hybridized carbons (Fsp3) is 0.158. The number of thiazole rings is 1. The summed E-state index contributed by atoms with van der Waals surface area (Å²) in [6.07, 6.45) is 0. The van der Waals surface area contributed by atoms with Crippen LogP contribution in [0, 0.1) is 6.92 Å². The average Bonchev–Trinajstić information content (AvgIpc) is 3.10. The van der Waals surface area contributed by atoms with Crippen molar-refractivity contribution < 1.29 is 14.3 Å². The number of benzene rings is 2. The lowest BCUT2D eigenvalue weighted by molar-refractivity contribution is 0.102. The Morgan fingerprint density at radius 1 is 1.08 bits per heavy atom. The van der Waals surface area contributed by atoms with Crippen molar-refractivity contribution in [1.29, 1.82) is 0 Å². The van der Waals surface area contributed by atoms with Gasteiger partial charge in [-0.1, -0.05) is 29.8 Å². The van der Waals surface area contributed by atoms with Crippen molar-refractivity contribution in [3.05, 3.63) is 59.0 Å². The van der Waals surface area contributed by atoms with Crippen LogP contribution in [-0.4, -0.2) is 25.1 Å². The minimum Gasteiger partial charge on any atom is -0.497 e. The van der Waals surface area contributed by atoms with Gasteiger partial charge in [0.05, 0.1) is 25.5 Å². The number of aromatic nitrogens is 1. The maximum absolute atomic E-state index is 12.5. The molecule has 0 saturated carbocycles. The molecule has 0 unspecified atom stereocenters. The molecule has 6 heteroatoms. The second-order valence-corrected chi connectivity index (χ2v) is 6.28. The molecule has 128 valence electrons. The van der Waals surface area contributed by atoms with Crippen LogP contribution in [-0.2, 0) is 0 Å². The van der Waals surface area contributed by atoms with Gasteiger partial charge in [0.1, 0.15) is 11.5 Å². The van der Waals surface area contributed by atoms with E-state index in [2.05, 4.69) is 10.3 Å². The fourth-order valence-electron chi connectivity index (χ4n) is 2.34. The molecule has 2 aromatic carbocycles. The number of aryl methyl sites for hydroxylation is 1. The zero-order chi connectivity index (χ0) is 17.8. The number of amides is 1. The Kier molecular flexibility index (Phi) is 5.00. The molecule has 0 spiro atoms. The highest BCUT2D eigenvalue weighted by Crippen LogP contribution is 2.28. The third kappa shape index (κ3) is 3.80. The first-order chi connectivity index (χ1) is 12.1. The van der Waals surface area contributed by atoms with Gasteiger partial charge in [-0.2, -0.15) is 0 Å². The van der Waals surface area contributed by atoms with Gasteiger partial charge in [0.25, 0.3) is 5.91 Å². The first kappa shape index (κ1) is 17.0. The molecule has 0 aliphatic carbocycles. The van der Waals surface area contributed by atoms with Crippen LogP contribution in [0.15, 0.2) is 47.8 Å². The summed E-state index contributed by atoms with van der Waals surface area (Å²) in [6, 6.07) is 13.2. The molecular formula is C19H18N2O3S. The second-order valence-electron chi connectivity index (χ2n) is 5.42. The minimum absolute atomic E-state index is 0.274. The Labute approximate surface area is 150 Å². The van der Waals surface area contributed by atoms with Gasteiger partial charge < -0.3 is 9.47 Å². The first-order valence-corrected chi connectivity index (χ1v) is 8.54. The van der Waals surface area contributed by atoms with Crippen LogP contribution in [0.3, 0.4) is 0 Å². The van der Waals surface area contributed by atoms with E-state index in [0.29, 0.717) is 22.2 Å². The number of anilines is 1. The van der Waals surface area contributed by atoms with E-state index >= 15 is 0 Å². The van der Waals surface area contributed by atoms with Crippen LogP contribution < -0.4 is 14.8 Å². The summed E-state index contributed by atoms with van der Waals surface area (Å²) in [6.45, 7) is 2.04. The van der Waals surface area contributed by atoms with E-state index in [1.807, 2.05) is 36.6 Å². The van der Waals surface area contributed by atoms with Crippen molar-refractivity contribution in [3.8, 4) is 22.8 Å². The molecule has 1 aromatic heterocycles. The van der Waals surface area contributed by atoms with E-state index in [0.717, 1.165) is 11.3 Å². The number of ether oxygens (including phenoxy) is 2. The summed E-state index contributed by atoms with van der Waals surface area (Å²) in [5.74, 6) is 0.806. The van der Waals surface area contributed by atoms with E-state index in [1.165, 1.54) is 24.0 Å². The Morgan fingerprint density at radius 2 is 1.84 bits per heavy atom. The maximum atomic E-state index is 12.5. The predicted octanol–water partition coefficient (Wildman–Crippen LogP) is 4.39. The molecule has 1 heterocycles. The Hall–Kier alpha value is -2.86. The quantitative estimate of drug-likeness (QED) is 0.738. The van der Waals surface area contributed by atoms with Gasteiger partial charge in [-0.25, -0.2) is 4.98 Å². The minimum atomic E-state index is -0.274. The molecule has 3 rings (SSSR count). The Bertz CT molecular complexity index is 888. The molecule has 5 nitrogen and oxygen atoms in total. The zero-order valence-corrected chi connectivity index (χ0v) is 15.0. The van der Waals surface area contributed by atoms with Gasteiger partial charge in [0, 0.05) is 17.0 Å². The number of carbonyl (C=O) groups is 1. The SMILES string of the molecule is COc1ccc(C(=O)Nc2nc(-c3ccc(C)cc3)cs2)c(OC)c1. The second kappa shape index (κ2) is 7.36. The molecule has 0 aliphatic heterocycles. The molecule has 3 aromatic rings. The van der Waals surface area contributed by atoms with Gasteiger partial charge in [-0.15, -0.1) is 11.3 Å². The molecule has 1 amide bonds. The predicted molar refractivity (Wildman–Crippen MR) is 99.8 cm³/mol. The fourth-order valence-corrected chi connectivity index (χ4v) is 3.05. The third-order valence-corrected chi connectivity index (χ3v) is 4.48. The number of nitrogens with one attached hydrogen (secondary N) is 1. The standard InChI is InChI=1S/C19H18N2O3S/c1-12-4-6-13(7-5-12)16-11-25-19(20-16)21-18(22)15-9-8-14(23-2)10-17(15)24-3/h4-11H,1-3H3,(H,20,21,22). The molecular weight excluding hydrogens is 336 g/mol. The van der Waals surface area contributed by atoms with Crippen molar-refractivity contribution in [2.75, 3.05) is 19.5 Å². The highest BCUT2D eigenvalue weighted by molar-refractivity contribution is 7.14. The summed E-state index contributed by atoms with van der Waals surface area (Å²) >= 11 is 1.38. The molecule has 0 atom stereocenters. The lowest BCUT2D eigenvalue weighted by Gasteiger charge is -2.09. The summed E-state index contributed by atoms with van der Waals surface area (Å²) in [5, 5.41) is 5.28. The van der Waals surface area contributed by atoms with Crippen LogP contribution in [0.25, 0.3) is 11.3 Å². The highest BCUT2D eigenvalue weighted by Gasteiger charge is 2.15. The summed E-state index contributed by atoms with van der Waals surface area (Å²) in [7, 11) is 3.08. The molecule has 0 radical (unpaired) electrons. The van der Waals surface area contributed by atoms with Crippen LogP contribution >= 0.6 is 11.3 Å². The Morgan fingerprint density at radius 3 is 2.52 bits per heavy atom. The number of hydrogen-bond donors (Lipinski definition) is 1. The Balaban J connectivity index is 1.79. The van der Waals surface area contributed by atoms with Crippen molar-refractivity contribution in [2.45, 2.75) is 6.92 Å². The van der Waals surface area contributed by atoms with Gasteiger partial charge in [0.15, 0.2) is 5.13 Å².